The SMILES string of the molecule is CCC(C)c1cc(C2(c3ccc(O)c(C(C)CC)c3)CCC(C(CC)C(CC)C3CCC(c4ccc(O)c(C(C)CC)c4)(c4ccc(O)c(C(C)CC)c4)CC3)CC2)ccc1O.CCC(C1CCC(c2ccc(O)c(C3CCCCC3)c2)(c2ccc(O)c(C3CCCCC3)c2)CC1)C(CC)C1CCC(c2ccc(O)c(C3CCCCC3)c2)(c2ccc(O)c(C3CCCCC3)c2)CC1. The van der Waals surface area contributed by atoms with Crippen LogP contribution in [0.2, 0.25) is 0 Å². The van der Waals surface area contributed by atoms with Gasteiger partial charge in [-0.2, -0.15) is 0 Å². The Balaban J connectivity index is 0.000000204. The first-order chi connectivity index (χ1) is 63.9. The Hall–Kier alpha value is -7.84. The standard InChI is InChI=1S/C66H90O4.C58H82O4/c1-3-55(49-33-37-65(38-34-49,51-25-29-61(67)57(41-51)45-17-9-5-10-18-45)52-26-30-62(68)58(42-52)46-19-11-6-12-20-46)56(4-2)50-35-39-66(40-36-50,53-27-31-63(69)59(43-53)47-21-13-7-14-22-47)54-28-32-64(70)60(44-54)48-23-15-8-16-24-48;1-11-37(7)49-33-43(17-21-53(49)59)57(44-18-22-54(60)50(34-44)38(8)12-2)29-25-41(26-30-57)47(15-5)48(16-6)42-27-31-58(32-28-42,45-19-23-55(61)51(35-45)39(9)13-3)46-20-24-56(62)52(36-46)40(10)14-4/h25-32,41-50,55-56,67-70H,3-24,33-40H2,1-2H3;17-24,33-42,47-48,59-62H,11-16,25-32H2,1-10H3. The first kappa shape index (κ1) is 98.7. The van der Waals surface area contributed by atoms with Crippen molar-refractivity contribution in [1.82, 2.24) is 0 Å². The third-order valence-electron chi connectivity index (χ3n) is 38.3. The maximum absolute atomic E-state index is 11.4. The zero-order valence-corrected chi connectivity index (χ0v) is 83.8. The summed E-state index contributed by atoms with van der Waals surface area (Å²) in [6.45, 7) is 27.6. The minimum Gasteiger partial charge on any atom is -0.508 e. The molecule has 0 aliphatic heterocycles. The monoisotopic (exact) mass is 1790 g/mol. The van der Waals surface area contributed by atoms with Gasteiger partial charge in [0.1, 0.15) is 46.0 Å². The van der Waals surface area contributed by atoms with E-state index in [0.29, 0.717) is 117 Å². The van der Waals surface area contributed by atoms with Crippen molar-refractivity contribution in [1.29, 1.82) is 0 Å². The molecular formula is C124H172O8. The van der Waals surface area contributed by atoms with Gasteiger partial charge in [0.25, 0.3) is 0 Å². The Kier molecular flexibility index (Phi) is 33.0. The van der Waals surface area contributed by atoms with E-state index in [1.54, 1.807) is 0 Å². The third kappa shape index (κ3) is 20.4. The highest BCUT2D eigenvalue weighted by Crippen LogP contribution is 2.61. The van der Waals surface area contributed by atoms with Crippen molar-refractivity contribution in [3.05, 3.63) is 235 Å². The zero-order valence-electron chi connectivity index (χ0n) is 83.8. The summed E-state index contributed by atoms with van der Waals surface area (Å²) in [4.78, 5) is 0. The highest BCUT2D eigenvalue weighted by atomic mass is 16.3. The molecule has 16 rings (SSSR count). The molecule has 8 atom stereocenters. The maximum Gasteiger partial charge on any atom is 0.119 e. The van der Waals surface area contributed by atoms with E-state index in [9.17, 15) is 40.9 Å². The molecule has 8 saturated carbocycles. The molecule has 716 valence electrons. The molecule has 8 aromatic rings. The van der Waals surface area contributed by atoms with Crippen LogP contribution in [-0.4, -0.2) is 40.9 Å². The van der Waals surface area contributed by atoms with Gasteiger partial charge in [-0.05, 0) is 412 Å². The van der Waals surface area contributed by atoms with Crippen LogP contribution in [0.25, 0.3) is 0 Å². The second kappa shape index (κ2) is 44.1. The van der Waals surface area contributed by atoms with Crippen LogP contribution in [0, 0.1) is 47.3 Å². The lowest BCUT2D eigenvalue weighted by Crippen LogP contribution is -2.40. The Morgan fingerprint density at radius 1 is 0.205 bits per heavy atom. The minimum absolute atomic E-state index is 0.142. The van der Waals surface area contributed by atoms with Crippen LogP contribution in [0.3, 0.4) is 0 Å². The largest absolute Gasteiger partial charge is 0.508 e. The highest BCUT2D eigenvalue weighted by molar-refractivity contribution is 5.56. The summed E-state index contributed by atoms with van der Waals surface area (Å²) < 4.78 is 0. The molecule has 0 bridgehead atoms. The Bertz CT molecular complexity index is 4470. The fraction of sp³-hybridized carbons (Fsp3) is 0.613. The smallest absolute Gasteiger partial charge is 0.119 e. The summed E-state index contributed by atoms with van der Waals surface area (Å²) in [5.41, 5.74) is 19.0. The van der Waals surface area contributed by atoms with Crippen LogP contribution in [0.4, 0.5) is 0 Å². The number of phenols is 8. The van der Waals surface area contributed by atoms with E-state index in [-0.39, 0.29) is 45.3 Å². The molecule has 8 fully saturated rings. The van der Waals surface area contributed by atoms with Crippen molar-refractivity contribution in [3.8, 4) is 46.0 Å². The van der Waals surface area contributed by atoms with Gasteiger partial charge >= 0.3 is 0 Å². The summed E-state index contributed by atoms with van der Waals surface area (Å²) >= 11 is 0. The lowest BCUT2D eigenvalue weighted by Gasteiger charge is -2.48. The molecule has 8 N–H and O–H groups in total. The quantitative estimate of drug-likeness (QED) is 0.0221. The zero-order chi connectivity index (χ0) is 93.2. The lowest BCUT2D eigenvalue weighted by atomic mass is 9.56. The normalized spacial score (nSPS) is 24.1. The summed E-state index contributed by atoms with van der Waals surface area (Å²) in [6, 6.07) is 52.8. The number of hydrogen-bond acceptors (Lipinski definition) is 8. The summed E-state index contributed by atoms with van der Waals surface area (Å²) in [6.07, 6.45) is 51.5. The summed E-state index contributed by atoms with van der Waals surface area (Å²) in [5, 5.41) is 89.9. The van der Waals surface area contributed by atoms with E-state index in [4.69, 9.17) is 0 Å². The first-order valence-corrected chi connectivity index (χ1v) is 54.6. The molecule has 8 unspecified atom stereocenters. The molecule has 8 aliphatic carbocycles. The van der Waals surface area contributed by atoms with Gasteiger partial charge in [0.05, 0.1) is 0 Å². The van der Waals surface area contributed by atoms with Gasteiger partial charge in [0.15, 0.2) is 0 Å². The molecular weight excluding hydrogens is 1620 g/mol. The Labute approximate surface area is 798 Å². The van der Waals surface area contributed by atoms with Gasteiger partial charge in [-0.1, -0.05) is 283 Å². The van der Waals surface area contributed by atoms with E-state index in [1.807, 2.05) is 48.5 Å². The highest BCUT2D eigenvalue weighted by Gasteiger charge is 2.50. The van der Waals surface area contributed by atoms with E-state index >= 15 is 0 Å². The van der Waals surface area contributed by atoms with Gasteiger partial charge in [-0.25, -0.2) is 0 Å². The predicted octanol–water partition coefficient (Wildman–Crippen LogP) is 34.7. The van der Waals surface area contributed by atoms with E-state index in [1.165, 1.54) is 272 Å². The summed E-state index contributed by atoms with van der Waals surface area (Å²) in [5.74, 6) is 11.6. The average Bonchev–Trinajstić information content (AvgIpc) is 0.758. The number of hydrogen-bond donors (Lipinski definition) is 8. The van der Waals surface area contributed by atoms with Crippen LogP contribution < -0.4 is 0 Å². The van der Waals surface area contributed by atoms with Gasteiger partial charge in [0, 0.05) is 21.7 Å². The molecule has 132 heavy (non-hydrogen) atoms. The molecule has 8 aromatic carbocycles. The molecule has 0 amide bonds. The van der Waals surface area contributed by atoms with Crippen LogP contribution in [-0.2, 0) is 21.7 Å². The molecule has 0 heterocycles. The van der Waals surface area contributed by atoms with Crippen LogP contribution in [0.5, 0.6) is 46.0 Å². The number of phenolic OH excluding ortho intramolecular Hbond substituents is 8. The predicted molar refractivity (Wildman–Crippen MR) is 549 cm³/mol. The minimum atomic E-state index is -0.177. The van der Waals surface area contributed by atoms with E-state index in [2.05, 4.69) is 180 Å². The van der Waals surface area contributed by atoms with Crippen molar-refractivity contribution >= 4 is 0 Å². The first-order valence-electron chi connectivity index (χ1n) is 54.6. The second-order valence-electron chi connectivity index (χ2n) is 44.7. The van der Waals surface area contributed by atoms with Crippen LogP contribution in [0.15, 0.2) is 146 Å². The van der Waals surface area contributed by atoms with Crippen LogP contribution >= 0.6 is 0 Å². The lowest BCUT2D eigenvalue weighted by molar-refractivity contribution is 0.0781. The fourth-order valence-electron chi connectivity index (χ4n) is 29.4. The molecule has 8 nitrogen and oxygen atoms in total. The molecule has 0 radical (unpaired) electrons. The average molecular weight is 1790 g/mol. The van der Waals surface area contributed by atoms with Crippen molar-refractivity contribution in [2.45, 2.75) is 435 Å². The topological polar surface area (TPSA) is 162 Å². The van der Waals surface area contributed by atoms with Crippen molar-refractivity contribution < 1.29 is 40.9 Å². The fourth-order valence-corrected chi connectivity index (χ4v) is 29.4. The number of rotatable bonds is 30. The third-order valence-corrected chi connectivity index (χ3v) is 38.3. The molecule has 0 spiro atoms. The second-order valence-corrected chi connectivity index (χ2v) is 44.7. The summed E-state index contributed by atoms with van der Waals surface area (Å²) in [7, 11) is 0. The van der Waals surface area contributed by atoms with Gasteiger partial charge in [0.2, 0.25) is 0 Å². The Morgan fingerprint density at radius 2 is 0.364 bits per heavy atom. The van der Waals surface area contributed by atoms with Crippen molar-refractivity contribution in [2.75, 3.05) is 0 Å². The molecule has 0 saturated heterocycles. The van der Waals surface area contributed by atoms with Gasteiger partial charge < -0.3 is 40.9 Å². The van der Waals surface area contributed by atoms with Gasteiger partial charge in [-0.15, -0.1) is 0 Å². The molecule has 8 aliphatic rings. The molecule has 8 heteroatoms. The van der Waals surface area contributed by atoms with E-state index in [0.717, 1.165) is 99.3 Å². The van der Waals surface area contributed by atoms with Gasteiger partial charge in [-0.3, -0.25) is 0 Å². The van der Waals surface area contributed by atoms with Crippen molar-refractivity contribution in [3.63, 3.8) is 0 Å². The van der Waals surface area contributed by atoms with Crippen LogP contribution in [0.1, 0.15) is 502 Å². The van der Waals surface area contributed by atoms with E-state index < -0.39 is 0 Å². The number of benzene rings is 8. The number of aromatic hydroxyl groups is 8. The maximum atomic E-state index is 11.4. The van der Waals surface area contributed by atoms with Crippen molar-refractivity contribution in [2.24, 2.45) is 47.3 Å². The Morgan fingerprint density at radius 3 is 0.523 bits per heavy atom. The molecule has 0 aromatic heterocycles.